The van der Waals surface area contributed by atoms with Crippen LogP contribution < -0.4 is 0 Å². The maximum absolute atomic E-state index is 2.38. The summed E-state index contributed by atoms with van der Waals surface area (Å²) in [5, 5.41) is 0. The van der Waals surface area contributed by atoms with Gasteiger partial charge in [0.15, 0.2) is 0 Å². The summed E-state index contributed by atoms with van der Waals surface area (Å²) in [5.41, 5.74) is 13.3. The van der Waals surface area contributed by atoms with Crippen LogP contribution >= 0.6 is 125 Å². The van der Waals surface area contributed by atoms with E-state index in [-0.39, 0.29) is 0 Å². The first-order valence-electron chi connectivity index (χ1n) is 33.4. The average Bonchev–Trinajstić information content (AvgIpc) is 1.64. The van der Waals surface area contributed by atoms with Crippen LogP contribution in [0.3, 0.4) is 0 Å². The molecule has 0 aliphatic carbocycles. The van der Waals surface area contributed by atoms with Crippen LogP contribution in [0.5, 0.6) is 0 Å². The Morgan fingerprint density at radius 1 is 0.155 bits per heavy atom. The van der Waals surface area contributed by atoms with E-state index in [4.69, 9.17) is 0 Å². The van der Waals surface area contributed by atoms with Crippen molar-refractivity contribution in [2.75, 3.05) is 0 Å². The van der Waals surface area contributed by atoms with Gasteiger partial charge < -0.3 is 0 Å². The van der Waals surface area contributed by atoms with Crippen LogP contribution in [-0.2, 0) is 0 Å². The molecule has 97 heavy (non-hydrogen) atoms. The molecule has 11 heterocycles. The van der Waals surface area contributed by atoms with Crippen molar-refractivity contribution in [1.82, 2.24) is 0 Å². The van der Waals surface area contributed by atoms with E-state index < -0.39 is 0 Å². The molecule has 15 rings (SSSR count). The highest BCUT2D eigenvalue weighted by Gasteiger charge is 2.17. The lowest BCUT2D eigenvalue weighted by Crippen LogP contribution is -1.81. The second-order valence-corrected chi connectivity index (χ2v) is 35.4. The Bertz CT molecular complexity index is 4350. The summed E-state index contributed by atoms with van der Waals surface area (Å²) in [4.78, 5) is 29.8. The summed E-state index contributed by atoms with van der Waals surface area (Å²) in [6.45, 7) is 37.8. The van der Waals surface area contributed by atoms with Crippen molar-refractivity contribution in [3.8, 4) is 113 Å². The summed E-state index contributed by atoms with van der Waals surface area (Å²) in [7, 11) is 0. The lowest BCUT2D eigenvalue weighted by atomic mass is 10.0. The molecule has 0 bridgehead atoms. The molecule has 0 N–H and O–H groups in total. The normalized spacial score (nSPS) is 10.4. The Hall–Kier alpha value is -6.42. The molecule has 0 spiro atoms. The van der Waals surface area contributed by atoms with E-state index >= 15 is 0 Å². The van der Waals surface area contributed by atoms with Crippen LogP contribution in [0.1, 0.15) is 106 Å². The van der Waals surface area contributed by atoms with Crippen molar-refractivity contribution in [3.63, 3.8) is 0 Å². The van der Waals surface area contributed by atoms with Crippen LogP contribution in [0.4, 0.5) is 0 Å². The van der Waals surface area contributed by atoms with E-state index in [0.29, 0.717) is 0 Å². The van der Waals surface area contributed by atoms with Gasteiger partial charge in [0, 0.05) is 107 Å². The van der Waals surface area contributed by atoms with Crippen molar-refractivity contribution in [3.05, 3.63) is 269 Å². The first-order chi connectivity index (χ1) is 47.1. The van der Waals surface area contributed by atoms with Crippen molar-refractivity contribution >= 4 is 125 Å². The standard InChI is InChI=1S/C33H24S6.C21H18S3.C16H12S.C8H12S.4C2H6/c1-19-4-7-28(34-19)31-13-10-25(37-31)22-16-23(26-11-14-32(38-26)29-8-5-20(2)35-29)18-24(17-22)27-12-15-33(39-27)30-9-6-21(3)36-30;1-13-4-7-19(22-13)16-10-17(20-8-5-14(2)23-20)12-18(11-16)21-9-6-15(3)24-21;1-3-7-13(8-4-1)15-11-12-16(17-15)14-9-5-2-6-10-14;1-5-6(2)8(4)9-7(5)3;4*1-2/h4-18H,1-3H3;4-12H,1-3H3;1-12H;1-4H3;4*1-2H3. The zero-order chi connectivity index (χ0) is 69.7. The Balaban J connectivity index is 0.000000177. The van der Waals surface area contributed by atoms with Crippen molar-refractivity contribution in [2.24, 2.45) is 0 Å². The van der Waals surface area contributed by atoms with E-state index in [1.165, 1.54) is 163 Å². The predicted octanol–water partition coefficient (Wildman–Crippen LogP) is 32.9. The minimum absolute atomic E-state index is 1.29. The molecule has 0 aliphatic heterocycles. The quantitative estimate of drug-likeness (QED) is 0.121. The topological polar surface area (TPSA) is 0 Å². The van der Waals surface area contributed by atoms with Gasteiger partial charge in [-0.3, -0.25) is 0 Å². The van der Waals surface area contributed by atoms with Gasteiger partial charge in [-0.2, -0.15) is 0 Å². The molecule has 0 nitrogen and oxygen atoms in total. The summed E-state index contributed by atoms with van der Waals surface area (Å²) in [5.74, 6) is 0. The van der Waals surface area contributed by atoms with Crippen LogP contribution in [0.2, 0.25) is 0 Å². The third-order valence-electron chi connectivity index (χ3n) is 15.2. The Labute approximate surface area is 624 Å². The number of rotatable bonds is 11. The van der Waals surface area contributed by atoms with Gasteiger partial charge in [0.2, 0.25) is 0 Å². The Morgan fingerprint density at radius 2 is 0.320 bits per heavy atom. The van der Waals surface area contributed by atoms with Gasteiger partial charge in [0.1, 0.15) is 0 Å². The fourth-order valence-electron chi connectivity index (χ4n) is 10.2. The van der Waals surface area contributed by atoms with Crippen LogP contribution in [-0.4, -0.2) is 0 Å². The Morgan fingerprint density at radius 3 is 0.515 bits per heavy atom. The van der Waals surface area contributed by atoms with E-state index in [1.807, 2.05) is 180 Å². The summed E-state index contributed by atoms with van der Waals surface area (Å²) < 4.78 is 0. The number of thiophene rings is 11. The van der Waals surface area contributed by atoms with Gasteiger partial charge >= 0.3 is 0 Å². The van der Waals surface area contributed by atoms with Gasteiger partial charge in [-0.15, -0.1) is 125 Å². The molecule has 0 radical (unpaired) electrons. The molecule has 15 aromatic rings. The molecule has 500 valence electrons. The van der Waals surface area contributed by atoms with Crippen molar-refractivity contribution in [2.45, 2.75) is 125 Å². The maximum atomic E-state index is 2.38. The van der Waals surface area contributed by atoms with E-state index in [9.17, 15) is 0 Å². The molecule has 0 unspecified atom stereocenters. The first-order valence-corrected chi connectivity index (χ1v) is 42.4. The fourth-order valence-corrected chi connectivity index (χ4v) is 20.7. The highest BCUT2D eigenvalue weighted by molar-refractivity contribution is 7.25. The molecule has 11 aromatic heterocycles. The highest BCUT2D eigenvalue weighted by atomic mass is 32.1. The largest absolute Gasteiger partial charge is 0.145 e. The number of hydrogen-bond acceptors (Lipinski definition) is 11. The predicted molar refractivity (Wildman–Crippen MR) is 455 cm³/mol. The lowest BCUT2D eigenvalue weighted by molar-refractivity contribution is 1.32. The minimum atomic E-state index is 1.29. The number of aryl methyl sites for hydroxylation is 8. The second-order valence-electron chi connectivity index (χ2n) is 21.9. The van der Waals surface area contributed by atoms with E-state index in [2.05, 4.69) is 288 Å². The number of hydrogen-bond donors (Lipinski definition) is 0. The van der Waals surface area contributed by atoms with E-state index in [1.54, 1.807) is 0 Å². The molecule has 0 fully saturated rings. The first kappa shape index (κ1) is 76.3. The third kappa shape index (κ3) is 20.4. The molecule has 0 aliphatic rings. The summed E-state index contributed by atoms with van der Waals surface area (Å²) in [6, 6.07) is 80.0. The summed E-state index contributed by atoms with van der Waals surface area (Å²) in [6.07, 6.45) is 0. The van der Waals surface area contributed by atoms with Crippen LogP contribution in [0.25, 0.3) is 113 Å². The van der Waals surface area contributed by atoms with Gasteiger partial charge in [0.05, 0.1) is 0 Å². The summed E-state index contributed by atoms with van der Waals surface area (Å²) >= 11 is 20.6. The average molecular weight is 1480 g/mol. The molecule has 4 aromatic carbocycles. The van der Waals surface area contributed by atoms with Gasteiger partial charge in [-0.25, -0.2) is 0 Å². The maximum Gasteiger partial charge on any atom is 0.0449 e. The fraction of sp³-hybridized carbons (Fsp3) is 0.209. The molecule has 0 saturated heterocycles. The molecular weight excluding hydrogens is 1390 g/mol. The SMILES string of the molecule is CC.CC.CC.CC.Cc1ccc(-c2cc(-c3ccc(C)s3)cc(-c3ccc(C)s3)c2)s1.Cc1ccc(-c2ccc(-c3cc(-c4ccc(-c5ccc(C)s5)s4)cc(-c4ccc(-c5ccc(C)s5)s4)c3)s2)s1.Cc1sc(C)c(C)c1C.c1ccc(-c2ccc(-c3ccccc3)s2)cc1. The second kappa shape index (κ2) is 37.7. The number of benzene rings is 4. The molecule has 11 heteroatoms. The van der Waals surface area contributed by atoms with E-state index in [0.717, 1.165) is 0 Å². The molecular formula is C86H90S11. The zero-order valence-electron chi connectivity index (χ0n) is 59.3. The molecule has 0 atom stereocenters. The highest BCUT2D eigenvalue weighted by Crippen LogP contribution is 2.46. The lowest BCUT2D eigenvalue weighted by Gasteiger charge is -2.07. The monoisotopic (exact) mass is 1470 g/mol. The van der Waals surface area contributed by atoms with Crippen LogP contribution in [0.15, 0.2) is 218 Å². The zero-order valence-corrected chi connectivity index (χ0v) is 68.3. The van der Waals surface area contributed by atoms with Crippen molar-refractivity contribution < 1.29 is 0 Å². The molecule has 0 saturated carbocycles. The smallest absolute Gasteiger partial charge is 0.0449 e. The van der Waals surface area contributed by atoms with Gasteiger partial charge in [0.25, 0.3) is 0 Å². The Kier molecular flexibility index (Phi) is 29.7. The minimum Gasteiger partial charge on any atom is -0.145 e. The van der Waals surface area contributed by atoms with Crippen LogP contribution in [0, 0.1) is 69.2 Å². The van der Waals surface area contributed by atoms with Gasteiger partial charge in [-0.05, 0) is 283 Å². The molecule has 0 amide bonds. The van der Waals surface area contributed by atoms with Crippen molar-refractivity contribution in [1.29, 1.82) is 0 Å². The third-order valence-corrected chi connectivity index (χ3v) is 27.8. The van der Waals surface area contributed by atoms with Gasteiger partial charge in [-0.1, -0.05) is 116 Å².